The molecule has 0 radical (unpaired) electrons. The highest BCUT2D eigenvalue weighted by atomic mass is 16.4. The van der Waals surface area contributed by atoms with Gasteiger partial charge in [0, 0.05) is 31.0 Å². The summed E-state index contributed by atoms with van der Waals surface area (Å²) in [4.78, 5) is 20.3. The number of hydrogen-bond acceptors (Lipinski definition) is 4. The molecule has 0 saturated heterocycles. The van der Waals surface area contributed by atoms with Crippen LogP contribution >= 0.6 is 0 Å². The van der Waals surface area contributed by atoms with E-state index >= 15 is 0 Å². The van der Waals surface area contributed by atoms with Gasteiger partial charge in [-0.1, -0.05) is 12.8 Å². The second-order valence-electron chi connectivity index (χ2n) is 5.07. The molecule has 1 fully saturated rings. The van der Waals surface area contributed by atoms with E-state index in [-0.39, 0.29) is 5.69 Å². The molecular formula is C13H17N3O2. The average Bonchev–Trinajstić information content (AvgIpc) is 2.91. The van der Waals surface area contributed by atoms with E-state index in [0.29, 0.717) is 12.5 Å². The zero-order valence-corrected chi connectivity index (χ0v) is 10.3. The highest BCUT2D eigenvalue weighted by Gasteiger charge is 2.26. The molecule has 2 heterocycles. The van der Waals surface area contributed by atoms with Crippen LogP contribution in [0.25, 0.3) is 0 Å². The van der Waals surface area contributed by atoms with Gasteiger partial charge in [0.25, 0.3) is 0 Å². The Morgan fingerprint density at radius 2 is 2.06 bits per heavy atom. The molecule has 1 aliphatic heterocycles. The number of nitrogens with one attached hydrogen (secondary N) is 1. The monoisotopic (exact) mass is 247 g/mol. The molecular weight excluding hydrogens is 230 g/mol. The molecule has 3 rings (SSSR count). The Balaban J connectivity index is 2.05. The molecule has 18 heavy (non-hydrogen) atoms. The smallest absolute Gasteiger partial charge is 0.354 e. The third-order valence-electron chi connectivity index (χ3n) is 3.87. The van der Waals surface area contributed by atoms with E-state index in [1.54, 1.807) is 0 Å². The van der Waals surface area contributed by atoms with Crippen molar-refractivity contribution in [2.45, 2.75) is 44.6 Å². The van der Waals surface area contributed by atoms with Crippen LogP contribution in [0.5, 0.6) is 0 Å². The van der Waals surface area contributed by atoms with Gasteiger partial charge in [0.2, 0.25) is 0 Å². The molecule has 2 N–H and O–H groups in total. The van der Waals surface area contributed by atoms with E-state index in [2.05, 4.69) is 15.3 Å². The lowest BCUT2D eigenvalue weighted by atomic mass is 10.0. The van der Waals surface area contributed by atoms with Gasteiger partial charge in [0.15, 0.2) is 5.69 Å². The highest BCUT2D eigenvalue weighted by molar-refractivity contribution is 5.87. The predicted molar refractivity (Wildman–Crippen MR) is 65.6 cm³/mol. The van der Waals surface area contributed by atoms with Crippen LogP contribution in [0.1, 0.15) is 59.2 Å². The van der Waals surface area contributed by atoms with E-state index in [9.17, 15) is 9.90 Å². The first-order valence-electron chi connectivity index (χ1n) is 6.59. The Bertz CT molecular complexity index is 481. The number of fused-ring (bicyclic) bond motifs is 1. The van der Waals surface area contributed by atoms with E-state index in [1.807, 2.05) is 0 Å². The Morgan fingerprint density at radius 3 is 2.78 bits per heavy atom. The van der Waals surface area contributed by atoms with Gasteiger partial charge in [0.05, 0.1) is 5.69 Å². The Hall–Kier alpha value is -1.49. The number of hydrogen-bond donors (Lipinski definition) is 2. The van der Waals surface area contributed by atoms with Crippen LogP contribution in [0.3, 0.4) is 0 Å². The number of aromatic carboxylic acids is 1. The number of nitrogens with zero attached hydrogens (tertiary/aromatic N) is 2. The molecule has 5 heteroatoms. The van der Waals surface area contributed by atoms with Crippen LogP contribution in [-0.4, -0.2) is 27.6 Å². The van der Waals surface area contributed by atoms with Crippen molar-refractivity contribution in [1.82, 2.24) is 15.3 Å². The normalized spacial score (nSPS) is 19.8. The fourth-order valence-corrected chi connectivity index (χ4v) is 2.91. The predicted octanol–water partition coefficient (Wildman–Crippen LogP) is 1.48. The van der Waals surface area contributed by atoms with E-state index in [1.165, 1.54) is 12.8 Å². The first-order valence-corrected chi connectivity index (χ1v) is 6.59. The standard InChI is InChI=1S/C13H17N3O2/c17-13(18)11-9-7-14-6-5-10(9)15-12(16-11)8-3-1-2-4-8/h8,14H,1-7H2,(H,17,18). The van der Waals surface area contributed by atoms with Crippen LogP contribution in [0.2, 0.25) is 0 Å². The summed E-state index contributed by atoms with van der Waals surface area (Å²) in [6.07, 6.45) is 5.40. The van der Waals surface area contributed by atoms with Crippen LogP contribution in [0, 0.1) is 0 Å². The van der Waals surface area contributed by atoms with Gasteiger partial charge in [-0.3, -0.25) is 0 Å². The summed E-state index contributed by atoms with van der Waals surface area (Å²) in [6.45, 7) is 1.44. The van der Waals surface area contributed by atoms with Gasteiger partial charge in [-0.05, 0) is 12.8 Å². The van der Waals surface area contributed by atoms with Crippen molar-refractivity contribution in [3.8, 4) is 0 Å². The van der Waals surface area contributed by atoms with E-state index in [0.717, 1.165) is 42.9 Å². The number of aromatic nitrogens is 2. The summed E-state index contributed by atoms with van der Waals surface area (Å²) in [5, 5.41) is 12.5. The summed E-state index contributed by atoms with van der Waals surface area (Å²) in [7, 11) is 0. The zero-order chi connectivity index (χ0) is 12.5. The van der Waals surface area contributed by atoms with Gasteiger partial charge in [-0.2, -0.15) is 0 Å². The lowest BCUT2D eigenvalue weighted by Gasteiger charge is -2.20. The minimum Gasteiger partial charge on any atom is -0.476 e. The molecule has 0 aromatic carbocycles. The van der Waals surface area contributed by atoms with E-state index in [4.69, 9.17) is 0 Å². The molecule has 2 aliphatic rings. The molecule has 1 aromatic heterocycles. The molecule has 96 valence electrons. The number of rotatable bonds is 2. The Kier molecular flexibility index (Phi) is 2.99. The van der Waals surface area contributed by atoms with Crippen molar-refractivity contribution in [2.24, 2.45) is 0 Å². The van der Waals surface area contributed by atoms with Crippen molar-refractivity contribution in [3.05, 3.63) is 22.8 Å². The third-order valence-corrected chi connectivity index (χ3v) is 3.87. The van der Waals surface area contributed by atoms with Gasteiger partial charge in [0.1, 0.15) is 5.82 Å². The van der Waals surface area contributed by atoms with Crippen LogP contribution in [-0.2, 0) is 13.0 Å². The molecule has 0 bridgehead atoms. The SMILES string of the molecule is O=C(O)c1nc(C2CCCC2)nc2c1CNCC2. The van der Waals surface area contributed by atoms with Crippen LogP contribution in [0.4, 0.5) is 0 Å². The number of carboxylic acid groups (broad SMARTS) is 1. The summed E-state index contributed by atoms with van der Waals surface area (Å²) in [5.74, 6) is 0.186. The maximum Gasteiger partial charge on any atom is 0.354 e. The highest BCUT2D eigenvalue weighted by Crippen LogP contribution is 2.33. The maximum absolute atomic E-state index is 11.3. The second-order valence-corrected chi connectivity index (χ2v) is 5.07. The molecule has 1 saturated carbocycles. The first kappa shape index (κ1) is 11.6. The molecule has 0 unspecified atom stereocenters. The summed E-state index contributed by atoms with van der Waals surface area (Å²) >= 11 is 0. The van der Waals surface area contributed by atoms with Crippen molar-refractivity contribution >= 4 is 5.97 Å². The van der Waals surface area contributed by atoms with Gasteiger partial charge in [-0.25, -0.2) is 14.8 Å². The molecule has 0 atom stereocenters. The average molecular weight is 247 g/mol. The lowest BCUT2D eigenvalue weighted by Crippen LogP contribution is -2.28. The number of carbonyl (C=O) groups is 1. The zero-order valence-electron chi connectivity index (χ0n) is 10.3. The second kappa shape index (κ2) is 4.65. The van der Waals surface area contributed by atoms with Crippen molar-refractivity contribution in [3.63, 3.8) is 0 Å². The third kappa shape index (κ3) is 1.99. The first-order chi connectivity index (χ1) is 8.75. The van der Waals surface area contributed by atoms with Gasteiger partial charge < -0.3 is 10.4 Å². The largest absolute Gasteiger partial charge is 0.476 e. The fourth-order valence-electron chi connectivity index (χ4n) is 2.91. The van der Waals surface area contributed by atoms with Crippen LogP contribution < -0.4 is 5.32 Å². The summed E-state index contributed by atoms with van der Waals surface area (Å²) in [6, 6.07) is 0. The minimum absolute atomic E-state index is 0.203. The van der Waals surface area contributed by atoms with Crippen molar-refractivity contribution in [1.29, 1.82) is 0 Å². The molecule has 0 amide bonds. The maximum atomic E-state index is 11.3. The summed E-state index contributed by atoms with van der Waals surface area (Å²) < 4.78 is 0. The quantitative estimate of drug-likeness (QED) is 0.828. The topological polar surface area (TPSA) is 75.1 Å². The molecule has 1 aromatic rings. The van der Waals surface area contributed by atoms with Crippen molar-refractivity contribution in [2.75, 3.05) is 6.54 Å². The minimum atomic E-state index is -0.934. The van der Waals surface area contributed by atoms with Crippen molar-refractivity contribution < 1.29 is 9.90 Å². The molecule has 1 aliphatic carbocycles. The summed E-state index contributed by atoms with van der Waals surface area (Å²) in [5.41, 5.74) is 1.91. The molecule has 5 nitrogen and oxygen atoms in total. The van der Waals surface area contributed by atoms with Gasteiger partial charge in [-0.15, -0.1) is 0 Å². The fraction of sp³-hybridized carbons (Fsp3) is 0.615. The van der Waals surface area contributed by atoms with Gasteiger partial charge >= 0.3 is 5.97 Å². The van der Waals surface area contributed by atoms with Crippen LogP contribution in [0.15, 0.2) is 0 Å². The Morgan fingerprint density at radius 1 is 1.28 bits per heavy atom. The number of carboxylic acids is 1. The molecule has 0 spiro atoms. The Labute approximate surface area is 106 Å². The lowest BCUT2D eigenvalue weighted by molar-refractivity contribution is 0.0687. The van der Waals surface area contributed by atoms with E-state index < -0.39 is 5.97 Å².